The van der Waals surface area contributed by atoms with Crippen LogP contribution < -0.4 is 0 Å². The first-order chi connectivity index (χ1) is 8.55. The van der Waals surface area contributed by atoms with Gasteiger partial charge in [0.2, 0.25) is 0 Å². The van der Waals surface area contributed by atoms with Crippen LogP contribution in [0.25, 0.3) is 11.4 Å². The van der Waals surface area contributed by atoms with Crippen molar-refractivity contribution in [2.24, 2.45) is 0 Å². The molecule has 3 nitrogen and oxygen atoms in total. The zero-order chi connectivity index (χ0) is 12.8. The van der Waals surface area contributed by atoms with E-state index in [9.17, 15) is 13.2 Å². The normalized spacial score (nSPS) is 15.9. The van der Waals surface area contributed by atoms with Gasteiger partial charge in [-0.2, -0.15) is 13.2 Å². The summed E-state index contributed by atoms with van der Waals surface area (Å²) in [7, 11) is 0. The number of halogens is 3. The summed E-state index contributed by atoms with van der Waals surface area (Å²) in [6, 6.07) is 5.41. The molecule has 0 aliphatic heterocycles. The number of nitrogens with zero attached hydrogens (tertiary/aromatic N) is 3. The van der Waals surface area contributed by atoms with Gasteiger partial charge in [-0.05, 0) is 25.0 Å². The maximum Gasteiger partial charge on any atom is 0.416 e. The molecule has 18 heavy (non-hydrogen) atoms. The van der Waals surface area contributed by atoms with Gasteiger partial charge in [-0.3, -0.25) is 0 Å². The summed E-state index contributed by atoms with van der Waals surface area (Å²) in [5.74, 6) is 0.631. The summed E-state index contributed by atoms with van der Waals surface area (Å²) in [4.78, 5) is 0. The van der Waals surface area contributed by atoms with Crippen LogP contribution in [-0.2, 0) is 6.18 Å². The van der Waals surface area contributed by atoms with E-state index in [2.05, 4.69) is 10.2 Å². The van der Waals surface area contributed by atoms with Crippen molar-refractivity contribution in [1.82, 2.24) is 14.8 Å². The van der Waals surface area contributed by atoms with Gasteiger partial charge in [0.1, 0.15) is 6.33 Å². The lowest BCUT2D eigenvalue weighted by molar-refractivity contribution is -0.137. The molecule has 1 heterocycles. The van der Waals surface area contributed by atoms with Crippen LogP contribution >= 0.6 is 0 Å². The molecule has 2 aromatic rings. The van der Waals surface area contributed by atoms with Gasteiger partial charge < -0.3 is 4.57 Å². The summed E-state index contributed by atoms with van der Waals surface area (Å²) in [6.07, 6.45) is -0.523. The van der Waals surface area contributed by atoms with E-state index in [0.29, 0.717) is 17.4 Å². The molecule has 1 aromatic carbocycles. The minimum atomic E-state index is -4.30. The van der Waals surface area contributed by atoms with Crippen LogP contribution in [0.15, 0.2) is 30.6 Å². The van der Waals surface area contributed by atoms with Crippen LogP contribution in [0.5, 0.6) is 0 Å². The molecule has 1 fully saturated rings. The molecule has 0 bridgehead atoms. The SMILES string of the molecule is FC(F)(F)c1ccc(-c2nncn2C2CC2)cc1. The molecular formula is C12H10F3N3. The van der Waals surface area contributed by atoms with E-state index in [1.807, 2.05) is 4.57 Å². The lowest BCUT2D eigenvalue weighted by atomic mass is 10.1. The third kappa shape index (κ3) is 1.98. The van der Waals surface area contributed by atoms with E-state index in [-0.39, 0.29) is 0 Å². The van der Waals surface area contributed by atoms with Crippen molar-refractivity contribution in [1.29, 1.82) is 0 Å². The third-order valence-electron chi connectivity index (χ3n) is 2.98. The molecule has 1 saturated carbocycles. The Morgan fingerprint density at radius 2 is 1.78 bits per heavy atom. The van der Waals surface area contributed by atoms with Gasteiger partial charge in [0, 0.05) is 11.6 Å². The highest BCUT2D eigenvalue weighted by Crippen LogP contribution is 2.38. The topological polar surface area (TPSA) is 30.7 Å². The first kappa shape index (κ1) is 11.3. The van der Waals surface area contributed by atoms with E-state index in [0.717, 1.165) is 25.0 Å². The van der Waals surface area contributed by atoms with Crippen LogP contribution in [0.3, 0.4) is 0 Å². The smallest absolute Gasteiger partial charge is 0.310 e. The first-order valence-electron chi connectivity index (χ1n) is 5.63. The first-order valence-corrected chi connectivity index (χ1v) is 5.63. The minimum absolute atomic E-state index is 0.400. The van der Waals surface area contributed by atoms with Crippen LogP contribution in [0.2, 0.25) is 0 Å². The van der Waals surface area contributed by atoms with Gasteiger partial charge in [0.25, 0.3) is 0 Å². The molecule has 6 heteroatoms. The van der Waals surface area contributed by atoms with Crippen molar-refractivity contribution in [2.45, 2.75) is 25.1 Å². The monoisotopic (exact) mass is 253 g/mol. The molecule has 0 atom stereocenters. The number of rotatable bonds is 2. The molecule has 0 spiro atoms. The molecule has 0 amide bonds. The van der Waals surface area contributed by atoms with E-state index >= 15 is 0 Å². The van der Waals surface area contributed by atoms with Gasteiger partial charge in [0.15, 0.2) is 5.82 Å². The van der Waals surface area contributed by atoms with E-state index in [1.54, 1.807) is 6.33 Å². The van der Waals surface area contributed by atoms with Crippen molar-refractivity contribution < 1.29 is 13.2 Å². The second-order valence-electron chi connectivity index (χ2n) is 4.37. The second kappa shape index (κ2) is 3.83. The Morgan fingerprint density at radius 1 is 1.11 bits per heavy atom. The van der Waals surface area contributed by atoms with Crippen molar-refractivity contribution in [2.75, 3.05) is 0 Å². The molecular weight excluding hydrogens is 243 g/mol. The summed E-state index contributed by atoms with van der Waals surface area (Å²) >= 11 is 0. The van der Waals surface area contributed by atoms with E-state index in [1.165, 1.54) is 12.1 Å². The maximum absolute atomic E-state index is 12.4. The highest BCUT2D eigenvalue weighted by Gasteiger charge is 2.30. The van der Waals surface area contributed by atoms with Gasteiger partial charge in [-0.15, -0.1) is 10.2 Å². The lowest BCUT2D eigenvalue weighted by Crippen LogP contribution is -2.04. The average molecular weight is 253 g/mol. The highest BCUT2D eigenvalue weighted by atomic mass is 19.4. The number of hydrogen-bond acceptors (Lipinski definition) is 2. The standard InChI is InChI=1S/C12H10F3N3/c13-12(14,15)9-3-1-8(2-4-9)11-17-16-7-18(11)10-5-6-10/h1-4,7,10H,5-6H2. The third-order valence-corrected chi connectivity index (χ3v) is 2.98. The fourth-order valence-electron chi connectivity index (χ4n) is 1.88. The lowest BCUT2D eigenvalue weighted by Gasteiger charge is -2.08. The Morgan fingerprint density at radius 3 is 2.33 bits per heavy atom. The molecule has 0 radical (unpaired) electrons. The van der Waals surface area contributed by atoms with Gasteiger partial charge >= 0.3 is 6.18 Å². The quantitative estimate of drug-likeness (QED) is 0.822. The van der Waals surface area contributed by atoms with Crippen LogP contribution in [0, 0.1) is 0 Å². The summed E-state index contributed by atoms with van der Waals surface area (Å²) < 4.78 is 39.3. The molecule has 94 valence electrons. The van der Waals surface area contributed by atoms with Crippen molar-refractivity contribution in [3.8, 4) is 11.4 Å². The van der Waals surface area contributed by atoms with Crippen LogP contribution in [0.1, 0.15) is 24.4 Å². The zero-order valence-corrected chi connectivity index (χ0v) is 9.35. The van der Waals surface area contributed by atoms with Crippen molar-refractivity contribution in [3.63, 3.8) is 0 Å². The van der Waals surface area contributed by atoms with Crippen molar-refractivity contribution >= 4 is 0 Å². The summed E-state index contributed by atoms with van der Waals surface area (Å²) in [6.45, 7) is 0. The Kier molecular flexibility index (Phi) is 2.39. The molecule has 1 aliphatic rings. The van der Waals surface area contributed by atoms with Gasteiger partial charge in [0.05, 0.1) is 5.56 Å². The van der Waals surface area contributed by atoms with Crippen molar-refractivity contribution in [3.05, 3.63) is 36.2 Å². The zero-order valence-electron chi connectivity index (χ0n) is 9.35. The molecule has 0 N–H and O–H groups in total. The fourth-order valence-corrected chi connectivity index (χ4v) is 1.88. The molecule has 1 aliphatic carbocycles. The Labute approximate surface area is 101 Å². The van der Waals surface area contributed by atoms with E-state index < -0.39 is 11.7 Å². The molecule has 0 unspecified atom stereocenters. The van der Waals surface area contributed by atoms with E-state index in [4.69, 9.17) is 0 Å². The maximum atomic E-state index is 12.4. The summed E-state index contributed by atoms with van der Waals surface area (Å²) in [5.41, 5.74) is 0.0103. The highest BCUT2D eigenvalue weighted by molar-refractivity contribution is 5.56. The molecule has 0 saturated heterocycles. The second-order valence-corrected chi connectivity index (χ2v) is 4.37. The van der Waals surface area contributed by atoms with Gasteiger partial charge in [-0.1, -0.05) is 12.1 Å². The predicted molar refractivity (Wildman–Crippen MR) is 58.7 cm³/mol. The Balaban J connectivity index is 1.95. The van der Waals surface area contributed by atoms with Crippen LogP contribution in [0.4, 0.5) is 13.2 Å². The minimum Gasteiger partial charge on any atom is -0.310 e. The largest absolute Gasteiger partial charge is 0.416 e. The summed E-state index contributed by atoms with van der Waals surface area (Å²) in [5, 5.41) is 7.79. The van der Waals surface area contributed by atoms with Gasteiger partial charge in [-0.25, -0.2) is 0 Å². The van der Waals surface area contributed by atoms with Crippen LogP contribution in [-0.4, -0.2) is 14.8 Å². The number of hydrogen-bond donors (Lipinski definition) is 0. The number of aromatic nitrogens is 3. The molecule has 1 aromatic heterocycles. The number of benzene rings is 1. The average Bonchev–Trinajstić information content (AvgIpc) is 3.06. The Bertz CT molecular complexity index is 553. The molecule has 3 rings (SSSR count). The predicted octanol–water partition coefficient (Wildman–Crippen LogP) is 3.30. The Hall–Kier alpha value is -1.85. The number of alkyl halides is 3. The fraction of sp³-hybridized carbons (Fsp3) is 0.333.